The number of nitrogens with zero attached hydrogens (tertiary/aromatic N) is 2. The summed E-state index contributed by atoms with van der Waals surface area (Å²) >= 11 is 12.0. The maximum atomic E-state index is 6.02. The summed E-state index contributed by atoms with van der Waals surface area (Å²) in [6, 6.07) is 2.44. The molecule has 100 valence electrons. The molecule has 0 spiro atoms. The molecule has 1 aliphatic carbocycles. The van der Waals surface area contributed by atoms with E-state index in [9.17, 15) is 0 Å². The molecule has 0 atom stereocenters. The van der Waals surface area contributed by atoms with Crippen LogP contribution in [-0.4, -0.2) is 23.1 Å². The van der Waals surface area contributed by atoms with Gasteiger partial charge >= 0.3 is 0 Å². The van der Waals surface area contributed by atoms with E-state index in [1.807, 2.05) is 17.7 Å². The van der Waals surface area contributed by atoms with Gasteiger partial charge in [-0.1, -0.05) is 23.2 Å². The van der Waals surface area contributed by atoms with Crippen LogP contribution < -0.4 is 10.6 Å². The van der Waals surface area contributed by atoms with E-state index >= 15 is 0 Å². The Labute approximate surface area is 117 Å². The largest absolute Gasteiger partial charge is 0.357 e. The lowest BCUT2D eigenvalue weighted by Crippen LogP contribution is -2.38. The molecule has 2 N–H and O–H groups in total. The lowest BCUT2D eigenvalue weighted by Gasteiger charge is -2.10. The van der Waals surface area contributed by atoms with Crippen LogP contribution >= 0.6 is 23.2 Å². The molecule has 1 aromatic heterocycles. The van der Waals surface area contributed by atoms with Crippen LogP contribution in [0.25, 0.3) is 0 Å². The summed E-state index contributed by atoms with van der Waals surface area (Å²) in [7, 11) is 1.89. The third-order valence-electron chi connectivity index (χ3n) is 2.88. The molecule has 0 aromatic carbocycles. The highest BCUT2D eigenvalue weighted by molar-refractivity contribution is 6.41. The van der Waals surface area contributed by atoms with Crippen molar-refractivity contribution in [1.29, 1.82) is 0 Å². The quantitative estimate of drug-likeness (QED) is 0.660. The zero-order valence-electron chi connectivity index (χ0n) is 10.6. The molecule has 0 saturated heterocycles. The average Bonchev–Trinajstić information content (AvgIpc) is 3.12. The third kappa shape index (κ3) is 3.33. The first-order chi connectivity index (χ1) is 8.61. The van der Waals surface area contributed by atoms with E-state index in [0.717, 1.165) is 18.2 Å². The maximum Gasteiger partial charge on any atom is 0.191 e. The normalized spacial score (nSPS) is 15.9. The van der Waals surface area contributed by atoms with Crippen LogP contribution in [-0.2, 0) is 13.6 Å². The van der Waals surface area contributed by atoms with Crippen molar-refractivity contribution in [2.45, 2.75) is 32.4 Å². The standard InChI is InChI=1S/C12H18Cl2N4/c1-3-15-12(17-8-4-5-8)16-7-9-6-10(13)11(14)18(9)2/h6,8H,3-5,7H2,1-2H3,(H2,15,16,17). The highest BCUT2D eigenvalue weighted by Crippen LogP contribution is 2.25. The van der Waals surface area contributed by atoms with E-state index in [2.05, 4.69) is 22.5 Å². The molecule has 6 heteroatoms. The van der Waals surface area contributed by atoms with E-state index in [4.69, 9.17) is 23.2 Å². The number of guanidine groups is 1. The summed E-state index contributed by atoms with van der Waals surface area (Å²) in [5.74, 6) is 0.855. The molecule has 0 aliphatic heterocycles. The summed E-state index contributed by atoms with van der Waals surface area (Å²) in [5, 5.41) is 7.73. The number of hydrogen-bond donors (Lipinski definition) is 2. The predicted octanol–water partition coefficient (Wildman–Crippen LogP) is 2.55. The summed E-state index contributed by atoms with van der Waals surface area (Å²) in [5.41, 5.74) is 0.998. The Kier molecular flexibility index (Phi) is 4.40. The molecule has 0 bridgehead atoms. The maximum absolute atomic E-state index is 6.02. The molecule has 0 unspecified atom stereocenters. The first-order valence-corrected chi connectivity index (χ1v) is 6.91. The van der Waals surface area contributed by atoms with Crippen molar-refractivity contribution in [1.82, 2.24) is 15.2 Å². The highest BCUT2D eigenvalue weighted by Gasteiger charge is 2.22. The zero-order chi connectivity index (χ0) is 13.1. The van der Waals surface area contributed by atoms with Gasteiger partial charge in [0.1, 0.15) is 5.15 Å². The van der Waals surface area contributed by atoms with E-state index < -0.39 is 0 Å². The van der Waals surface area contributed by atoms with Crippen LogP contribution in [0.1, 0.15) is 25.5 Å². The van der Waals surface area contributed by atoms with E-state index in [1.54, 1.807) is 0 Å². The van der Waals surface area contributed by atoms with Crippen molar-refractivity contribution < 1.29 is 0 Å². The van der Waals surface area contributed by atoms with Crippen LogP contribution in [0, 0.1) is 0 Å². The molecule has 1 saturated carbocycles. The van der Waals surface area contributed by atoms with Crippen molar-refractivity contribution >= 4 is 29.2 Å². The Balaban J connectivity index is 2.03. The molecule has 0 amide bonds. The number of nitrogens with one attached hydrogen (secondary N) is 2. The summed E-state index contributed by atoms with van der Waals surface area (Å²) in [6.07, 6.45) is 2.46. The fraction of sp³-hybridized carbons (Fsp3) is 0.583. The second kappa shape index (κ2) is 5.85. The second-order valence-corrected chi connectivity index (χ2v) is 5.21. The highest BCUT2D eigenvalue weighted by atomic mass is 35.5. The third-order valence-corrected chi connectivity index (χ3v) is 3.72. The molecule has 18 heavy (non-hydrogen) atoms. The van der Waals surface area contributed by atoms with Gasteiger partial charge in [-0.05, 0) is 25.8 Å². The monoisotopic (exact) mass is 288 g/mol. The second-order valence-electron chi connectivity index (χ2n) is 4.45. The average molecular weight is 289 g/mol. The van der Waals surface area contributed by atoms with Gasteiger partial charge in [-0.15, -0.1) is 0 Å². The first-order valence-electron chi connectivity index (χ1n) is 6.16. The lowest BCUT2D eigenvalue weighted by molar-refractivity contribution is 0.785. The smallest absolute Gasteiger partial charge is 0.191 e. The summed E-state index contributed by atoms with van der Waals surface area (Å²) < 4.78 is 1.86. The van der Waals surface area contributed by atoms with Crippen LogP contribution in [0.3, 0.4) is 0 Å². The van der Waals surface area contributed by atoms with Gasteiger partial charge in [-0.25, -0.2) is 4.99 Å². The fourth-order valence-corrected chi connectivity index (χ4v) is 2.06. The van der Waals surface area contributed by atoms with Crippen LogP contribution in [0.5, 0.6) is 0 Å². The zero-order valence-corrected chi connectivity index (χ0v) is 12.1. The van der Waals surface area contributed by atoms with Gasteiger partial charge in [0, 0.05) is 25.3 Å². The number of aliphatic imine (C=N–C) groups is 1. The van der Waals surface area contributed by atoms with Gasteiger partial charge in [0.05, 0.1) is 11.6 Å². The minimum atomic E-state index is 0.557. The van der Waals surface area contributed by atoms with Crippen LogP contribution in [0.2, 0.25) is 10.2 Å². The number of hydrogen-bond acceptors (Lipinski definition) is 1. The first kappa shape index (κ1) is 13.6. The molecule has 2 rings (SSSR count). The topological polar surface area (TPSA) is 41.4 Å². The molecular weight excluding hydrogens is 271 g/mol. The van der Waals surface area contributed by atoms with Crippen molar-refractivity contribution in [2.75, 3.05) is 6.54 Å². The van der Waals surface area contributed by atoms with Crippen molar-refractivity contribution in [3.8, 4) is 0 Å². The molecule has 1 aromatic rings. The van der Waals surface area contributed by atoms with Crippen molar-refractivity contribution in [3.63, 3.8) is 0 Å². The van der Waals surface area contributed by atoms with Crippen LogP contribution in [0.4, 0.5) is 0 Å². The Bertz CT molecular complexity index is 449. The van der Waals surface area contributed by atoms with Gasteiger partial charge < -0.3 is 15.2 Å². The van der Waals surface area contributed by atoms with E-state index in [1.165, 1.54) is 12.8 Å². The minimum Gasteiger partial charge on any atom is -0.357 e. The van der Waals surface area contributed by atoms with Crippen molar-refractivity contribution in [2.24, 2.45) is 12.0 Å². The lowest BCUT2D eigenvalue weighted by atomic mass is 10.4. The van der Waals surface area contributed by atoms with Gasteiger partial charge in [0.25, 0.3) is 0 Å². The number of rotatable bonds is 4. The van der Waals surface area contributed by atoms with Gasteiger partial charge in [0.15, 0.2) is 5.96 Å². The minimum absolute atomic E-state index is 0.557. The Morgan fingerprint density at radius 1 is 1.50 bits per heavy atom. The summed E-state index contributed by atoms with van der Waals surface area (Å²) in [6.45, 7) is 3.47. The summed E-state index contributed by atoms with van der Waals surface area (Å²) in [4.78, 5) is 4.54. The predicted molar refractivity (Wildman–Crippen MR) is 76.4 cm³/mol. The van der Waals surface area contributed by atoms with Crippen molar-refractivity contribution in [3.05, 3.63) is 21.9 Å². The van der Waals surface area contributed by atoms with Gasteiger partial charge in [-0.3, -0.25) is 0 Å². The molecule has 4 nitrogen and oxygen atoms in total. The Morgan fingerprint density at radius 3 is 2.72 bits per heavy atom. The molecule has 1 fully saturated rings. The molecule has 0 radical (unpaired) electrons. The Hall–Kier alpha value is -0.870. The van der Waals surface area contributed by atoms with E-state index in [-0.39, 0.29) is 0 Å². The van der Waals surface area contributed by atoms with Crippen LogP contribution in [0.15, 0.2) is 11.1 Å². The number of aromatic nitrogens is 1. The fourth-order valence-electron chi connectivity index (χ4n) is 1.64. The van der Waals surface area contributed by atoms with Gasteiger partial charge in [-0.2, -0.15) is 0 Å². The molecule has 1 heterocycles. The molecular formula is C12H18Cl2N4. The Morgan fingerprint density at radius 2 is 2.22 bits per heavy atom. The molecule has 1 aliphatic rings. The van der Waals surface area contributed by atoms with E-state index in [0.29, 0.717) is 22.8 Å². The number of halogens is 2. The SMILES string of the molecule is CCNC(=NCc1cc(Cl)c(Cl)n1C)NC1CC1. The van der Waals surface area contributed by atoms with Gasteiger partial charge in [0.2, 0.25) is 0 Å².